The zero-order valence-electron chi connectivity index (χ0n) is 18.5. The minimum atomic E-state index is -4.97. The second-order valence-electron chi connectivity index (χ2n) is 9.17. The molecule has 4 rings (SSSR count). The van der Waals surface area contributed by atoms with Gasteiger partial charge in [-0.2, -0.15) is 26.3 Å². The first-order valence-electron chi connectivity index (χ1n) is 10.8. The quantitative estimate of drug-likeness (QED) is 0.548. The SMILES string of the molecule is CC(c1cc(C(F)(F)F)cc(C(F)(F)F)c1)N(C)C(=O)N1C[C@H]2C[C@@]2(CO)[C@@H]1c1ccccc1. The lowest BCUT2D eigenvalue weighted by Gasteiger charge is -2.37. The maximum Gasteiger partial charge on any atom is 0.416 e. The van der Waals surface area contributed by atoms with Crippen molar-refractivity contribution in [1.82, 2.24) is 9.80 Å². The van der Waals surface area contributed by atoms with E-state index in [0.717, 1.165) is 16.9 Å². The molecule has 0 aromatic heterocycles. The first kappa shape index (κ1) is 24.4. The lowest BCUT2D eigenvalue weighted by molar-refractivity contribution is -0.143. The highest BCUT2D eigenvalue weighted by Gasteiger charge is 2.67. The minimum Gasteiger partial charge on any atom is -0.396 e. The van der Waals surface area contributed by atoms with Crippen LogP contribution in [0, 0.1) is 11.3 Å². The van der Waals surface area contributed by atoms with Gasteiger partial charge in [0.2, 0.25) is 0 Å². The van der Waals surface area contributed by atoms with Crippen LogP contribution in [0.1, 0.15) is 47.7 Å². The van der Waals surface area contributed by atoms with Gasteiger partial charge in [-0.05, 0) is 48.6 Å². The third kappa shape index (κ3) is 4.12. The van der Waals surface area contributed by atoms with E-state index >= 15 is 0 Å². The molecule has 0 bridgehead atoms. The van der Waals surface area contributed by atoms with Gasteiger partial charge < -0.3 is 14.9 Å². The predicted molar refractivity (Wildman–Crippen MR) is 112 cm³/mol. The molecule has 2 aliphatic rings. The summed E-state index contributed by atoms with van der Waals surface area (Å²) >= 11 is 0. The van der Waals surface area contributed by atoms with Crippen LogP contribution in [0.15, 0.2) is 48.5 Å². The molecule has 1 unspecified atom stereocenters. The fourth-order valence-electron chi connectivity index (χ4n) is 5.06. The smallest absolute Gasteiger partial charge is 0.396 e. The zero-order chi connectivity index (χ0) is 25.1. The Balaban J connectivity index is 1.66. The monoisotopic (exact) mass is 486 g/mol. The minimum absolute atomic E-state index is 0.0719. The summed E-state index contributed by atoms with van der Waals surface area (Å²) in [5, 5.41) is 10.1. The summed E-state index contributed by atoms with van der Waals surface area (Å²) in [5.41, 5.74) is -2.77. The van der Waals surface area contributed by atoms with Gasteiger partial charge in [0.05, 0.1) is 29.8 Å². The van der Waals surface area contributed by atoms with Crippen molar-refractivity contribution in [1.29, 1.82) is 0 Å². The number of nitrogens with zero attached hydrogens (tertiary/aromatic N) is 2. The van der Waals surface area contributed by atoms with Crippen LogP contribution in [-0.4, -0.2) is 41.1 Å². The lowest BCUT2D eigenvalue weighted by Crippen LogP contribution is -2.44. The van der Waals surface area contributed by atoms with Crippen molar-refractivity contribution < 1.29 is 36.2 Å². The number of benzene rings is 2. The summed E-state index contributed by atoms with van der Waals surface area (Å²) in [6.07, 6.45) is -9.20. The van der Waals surface area contributed by atoms with Crippen LogP contribution in [0.3, 0.4) is 0 Å². The maximum atomic E-state index is 13.5. The first-order valence-corrected chi connectivity index (χ1v) is 10.8. The Morgan fingerprint density at radius 1 is 1.09 bits per heavy atom. The van der Waals surface area contributed by atoms with Gasteiger partial charge >= 0.3 is 18.4 Å². The fourth-order valence-corrected chi connectivity index (χ4v) is 5.06. The van der Waals surface area contributed by atoms with Crippen molar-refractivity contribution in [2.75, 3.05) is 20.2 Å². The average Bonchev–Trinajstić information content (AvgIpc) is 3.40. The van der Waals surface area contributed by atoms with Crippen LogP contribution in [-0.2, 0) is 12.4 Å². The van der Waals surface area contributed by atoms with Crippen molar-refractivity contribution in [3.8, 4) is 0 Å². The highest BCUT2D eigenvalue weighted by atomic mass is 19.4. The Hall–Kier alpha value is -2.75. The van der Waals surface area contributed by atoms with E-state index in [-0.39, 0.29) is 24.2 Å². The van der Waals surface area contributed by atoms with E-state index in [1.807, 2.05) is 30.3 Å². The molecular formula is C24H24F6N2O2. The van der Waals surface area contributed by atoms with Crippen LogP contribution in [0.2, 0.25) is 0 Å². The van der Waals surface area contributed by atoms with Gasteiger partial charge in [0.1, 0.15) is 0 Å². The van der Waals surface area contributed by atoms with Crippen LogP contribution >= 0.6 is 0 Å². The molecule has 1 heterocycles. The summed E-state index contributed by atoms with van der Waals surface area (Å²) in [5.74, 6) is 0.0840. The summed E-state index contributed by atoms with van der Waals surface area (Å²) in [6.45, 7) is 1.62. The number of rotatable bonds is 4. The summed E-state index contributed by atoms with van der Waals surface area (Å²) < 4.78 is 79.8. The summed E-state index contributed by atoms with van der Waals surface area (Å²) in [4.78, 5) is 16.2. The maximum absolute atomic E-state index is 13.5. The third-order valence-electron chi connectivity index (χ3n) is 7.18. The van der Waals surface area contributed by atoms with Crippen LogP contribution < -0.4 is 0 Å². The lowest BCUT2D eigenvalue weighted by atomic mass is 9.90. The molecule has 4 atom stereocenters. The van der Waals surface area contributed by atoms with E-state index in [9.17, 15) is 36.2 Å². The Bertz CT molecular complexity index is 1040. The molecule has 2 amide bonds. The normalized spacial score (nSPS) is 25.1. The molecule has 184 valence electrons. The number of fused-ring (bicyclic) bond motifs is 1. The fraction of sp³-hybridized carbons (Fsp3) is 0.458. The molecule has 4 nitrogen and oxygen atoms in total. The van der Waals surface area contributed by atoms with Crippen molar-refractivity contribution in [3.05, 3.63) is 70.8 Å². The molecule has 1 saturated carbocycles. The molecule has 1 N–H and O–H groups in total. The Morgan fingerprint density at radius 2 is 1.65 bits per heavy atom. The van der Waals surface area contributed by atoms with Gasteiger partial charge in [-0.3, -0.25) is 0 Å². The Labute approximate surface area is 192 Å². The van der Waals surface area contributed by atoms with E-state index < -0.39 is 47.0 Å². The van der Waals surface area contributed by atoms with E-state index in [1.54, 1.807) is 4.90 Å². The van der Waals surface area contributed by atoms with Crippen molar-refractivity contribution in [2.45, 2.75) is 37.8 Å². The number of likely N-dealkylation sites (tertiary alicyclic amines) is 1. The number of halogens is 6. The van der Waals surface area contributed by atoms with Gasteiger partial charge in [-0.25, -0.2) is 4.79 Å². The number of hydrogen-bond acceptors (Lipinski definition) is 2. The van der Waals surface area contributed by atoms with Crippen molar-refractivity contribution in [2.24, 2.45) is 11.3 Å². The van der Waals surface area contributed by atoms with Gasteiger partial charge in [0.25, 0.3) is 0 Å². The summed E-state index contributed by atoms with van der Waals surface area (Å²) in [6, 6.07) is 8.48. The first-order chi connectivity index (χ1) is 15.8. The van der Waals surface area contributed by atoms with Gasteiger partial charge in [0.15, 0.2) is 0 Å². The number of aliphatic hydroxyl groups is 1. The second-order valence-corrected chi connectivity index (χ2v) is 9.17. The molecule has 2 fully saturated rings. The molecule has 1 aliphatic heterocycles. The van der Waals surface area contributed by atoms with Crippen LogP contribution in [0.5, 0.6) is 0 Å². The standard InChI is InChI=1S/C24H24F6N2O2/c1-14(16-8-17(23(25,26)27)10-18(9-16)24(28,29)30)31(2)21(34)32-12-19-11-22(19,13-33)20(32)15-6-4-3-5-7-15/h3-10,14,19-20,33H,11-13H2,1-2H3/t14?,19-,20+,22+/m1/s1. The van der Waals surface area contributed by atoms with Gasteiger partial charge in [-0.15, -0.1) is 0 Å². The zero-order valence-corrected chi connectivity index (χ0v) is 18.5. The highest BCUT2D eigenvalue weighted by molar-refractivity contribution is 5.76. The second kappa shape index (κ2) is 8.18. The van der Waals surface area contributed by atoms with E-state index in [0.29, 0.717) is 18.7 Å². The average molecular weight is 486 g/mol. The number of alkyl halides is 6. The molecule has 1 aliphatic carbocycles. The van der Waals surface area contributed by atoms with Crippen molar-refractivity contribution in [3.63, 3.8) is 0 Å². The molecule has 2 aromatic rings. The topological polar surface area (TPSA) is 43.8 Å². The molecule has 1 saturated heterocycles. The molecule has 10 heteroatoms. The van der Waals surface area contributed by atoms with Crippen LogP contribution in [0.4, 0.5) is 31.1 Å². The predicted octanol–water partition coefficient (Wildman–Crippen LogP) is 5.89. The largest absolute Gasteiger partial charge is 0.416 e. The van der Waals surface area contributed by atoms with Crippen molar-refractivity contribution >= 4 is 6.03 Å². The van der Waals surface area contributed by atoms with E-state index in [4.69, 9.17) is 0 Å². The van der Waals surface area contributed by atoms with E-state index in [2.05, 4.69) is 0 Å². The number of carbonyl (C=O) groups is 1. The van der Waals surface area contributed by atoms with Crippen LogP contribution in [0.25, 0.3) is 0 Å². The van der Waals surface area contributed by atoms with Gasteiger partial charge in [-0.1, -0.05) is 30.3 Å². The number of amides is 2. The molecule has 34 heavy (non-hydrogen) atoms. The highest BCUT2D eigenvalue weighted by Crippen LogP contribution is 2.67. The number of hydrogen-bond donors (Lipinski definition) is 1. The Morgan fingerprint density at radius 3 is 2.15 bits per heavy atom. The number of carbonyl (C=O) groups excluding carboxylic acids is 1. The number of piperidine rings is 1. The third-order valence-corrected chi connectivity index (χ3v) is 7.18. The molecule has 0 radical (unpaired) electrons. The molecule has 2 aromatic carbocycles. The molecular weight excluding hydrogens is 462 g/mol. The van der Waals surface area contributed by atoms with E-state index in [1.165, 1.54) is 14.0 Å². The van der Waals surface area contributed by atoms with Gasteiger partial charge in [0, 0.05) is 19.0 Å². The Kier molecular flexibility index (Phi) is 5.86. The number of urea groups is 1. The summed E-state index contributed by atoms with van der Waals surface area (Å²) in [7, 11) is 1.36. The number of aliphatic hydroxyl groups excluding tert-OH is 1. The molecule has 0 spiro atoms.